The average Bonchev–Trinajstić information content (AvgIpc) is 3.51. The van der Waals surface area contributed by atoms with Crippen LogP contribution in [0.4, 0.5) is 0 Å². The Morgan fingerprint density at radius 3 is 1.74 bits per heavy atom. The number of fused-ring (bicyclic) bond motifs is 6. The summed E-state index contributed by atoms with van der Waals surface area (Å²) in [7, 11) is 0. The Morgan fingerprint density at radius 1 is 0.419 bits per heavy atom. The lowest BCUT2D eigenvalue weighted by molar-refractivity contribution is 0.669. The third-order valence-electron chi connectivity index (χ3n) is 8.53. The summed E-state index contributed by atoms with van der Waals surface area (Å²) in [4.78, 5) is 0. The summed E-state index contributed by atoms with van der Waals surface area (Å²) in [5.41, 5.74) is 5.89. The van der Waals surface area contributed by atoms with E-state index in [0.29, 0.717) is 22.1 Å². The van der Waals surface area contributed by atoms with Gasteiger partial charge in [-0.25, -0.2) is 0 Å². The van der Waals surface area contributed by atoms with Crippen molar-refractivity contribution in [1.82, 2.24) is 0 Å². The van der Waals surface area contributed by atoms with Crippen LogP contribution < -0.4 is 0 Å². The molecule has 0 saturated heterocycles. The second kappa shape index (κ2) is 9.44. The molecule has 0 aliphatic heterocycles. The molecule has 0 fully saturated rings. The summed E-state index contributed by atoms with van der Waals surface area (Å²) in [6, 6.07) is 41.6. The minimum atomic E-state index is -0.421. The molecule has 1 nitrogen and oxygen atoms in total. The molecular weight excluding hydrogens is 520 g/mol. The topological polar surface area (TPSA) is 13.1 Å². The van der Waals surface area contributed by atoms with Crippen LogP contribution in [0.15, 0.2) is 162 Å². The molecule has 43 heavy (non-hydrogen) atoms. The molecule has 0 saturated carbocycles. The first-order valence-electron chi connectivity index (χ1n) is 16.9. The van der Waals surface area contributed by atoms with Crippen LogP contribution >= 0.6 is 0 Å². The molecule has 0 aliphatic rings. The van der Waals surface area contributed by atoms with Gasteiger partial charge in [-0.05, 0) is 84.4 Å². The predicted molar refractivity (Wildman–Crippen MR) is 183 cm³/mol. The molecule has 0 spiro atoms. The van der Waals surface area contributed by atoms with Gasteiger partial charge in [0, 0.05) is 16.3 Å². The van der Waals surface area contributed by atoms with Gasteiger partial charge in [0.05, 0.1) is 6.85 Å². The van der Waals surface area contributed by atoms with Crippen LogP contribution in [0.2, 0.25) is 0 Å². The van der Waals surface area contributed by atoms with Crippen molar-refractivity contribution in [2.45, 2.75) is 0 Å². The summed E-state index contributed by atoms with van der Waals surface area (Å²) < 4.78 is 50.1. The van der Waals surface area contributed by atoms with Gasteiger partial charge >= 0.3 is 0 Å². The minimum Gasteiger partial charge on any atom is -0.456 e. The van der Waals surface area contributed by atoms with Crippen molar-refractivity contribution in [1.29, 1.82) is 0 Å². The van der Waals surface area contributed by atoms with E-state index in [9.17, 15) is 0 Å². The van der Waals surface area contributed by atoms with Gasteiger partial charge in [0.1, 0.15) is 11.2 Å². The Bertz CT molecular complexity index is 2710. The van der Waals surface area contributed by atoms with E-state index in [1.54, 1.807) is 0 Å². The normalized spacial score (nSPS) is 13.3. The summed E-state index contributed by atoms with van der Waals surface area (Å²) in [5.74, 6) is 0. The highest BCUT2D eigenvalue weighted by Gasteiger charge is 2.22. The second-order valence-electron chi connectivity index (χ2n) is 10.9. The van der Waals surface area contributed by atoms with Gasteiger partial charge in [0.2, 0.25) is 0 Å². The highest BCUT2D eigenvalue weighted by molar-refractivity contribution is 6.25. The van der Waals surface area contributed by atoms with E-state index in [4.69, 9.17) is 11.3 Å². The van der Waals surface area contributed by atoms with Crippen molar-refractivity contribution in [2.75, 3.05) is 0 Å². The lowest BCUT2D eigenvalue weighted by Crippen LogP contribution is -1.93. The van der Waals surface area contributed by atoms with Crippen molar-refractivity contribution in [3.63, 3.8) is 0 Å². The molecule has 0 N–H and O–H groups in total. The number of furan rings is 1. The summed E-state index contributed by atoms with van der Waals surface area (Å²) >= 11 is 0. The van der Waals surface area contributed by atoms with Crippen molar-refractivity contribution in [3.8, 4) is 33.4 Å². The van der Waals surface area contributed by atoms with E-state index in [1.807, 2.05) is 48.5 Å². The van der Waals surface area contributed by atoms with Crippen LogP contribution in [0.1, 0.15) is 6.85 Å². The molecule has 0 unspecified atom stereocenters. The van der Waals surface area contributed by atoms with Crippen molar-refractivity contribution < 1.29 is 11.3 Å². The fourth-order valence-corrected chi connectivity index (χ4v) is 6.73. The maximum Gasteiger partial charge on any atom is 0.136 e. The molecule has 8 aromatic carbocycles. The summed E-state index contributed by atoms with van der Waals surface area (Å²) in [5, 5.41) is 7.99. The van der Waals surface area contributed by atoms with Crippen LogP contribution in [-0.4, -0.2) is 0 Å². The Morgan fingerprint density at radius 2 is 1.02 bits per heavy atom. The highest BCUT2D eigenvalue weighted by Crippen LogP contribution is 2.49. The van der Waals surface area contributed by atoms with Crippen LogP contribution in [0, 0.1) is 0 Å². The van der Waals surface area contributed by atoms with E-state index in [0.717, 1.165) is 54.6 Å². The lowest BCUT2D eigenvalue weighted by atomic mass is 9.82. The zero-order chi connectivity index (χ0) is 32.7. The third kappa shape index (κ3) is 3.65. The fourth-order valence-electron chi connectivity index (χ4n) is 6.73. The monoisotopic (exact) mass is 551 g/mol. The summed E-state index contributed by atoms with van der Waals surface area (Å²) in [6.45, 7) is 0. The predicted octanol–water partition coefficient (Wildman–Crippen LogP) is 12.0. The average molecular weight is 552 g/mol. The summed E-state index contributed by atoms with van der Waals surface area (Å²) in [6.07, 6.45) is 0. The smallest absolute Gasteiger partial charge is 0.136 e. The van der Waals surface area contributed by atoms with Gasteiger partial charge in [-0.15, -0.1) is 0 Å². The molecule has 1 heteroatoms. The van der Waals surface area contributed by atoms with Crippen molar-refractivity contribution in [2.24, 2.45) is 0 Å². The molecule has 9 rings (SSSR count). The standard InChI is InChI=1S/C42H26O/c1-2-13-28(14-3-1)40-36(24-25-38-42(40)35-20-10-11-21-37(35)43-38)41-33-18-8-6-16-31(33)39(32-17-7-9-19-34(32)41)30-23-22-27-12-4-5-15-29(27)26-30/h1-26H/i1D,2D,3D,13D,14D. The van der Waals surface area contributed by atoms with E-state index in [2.05, 4.69) is 78.9 Å². The Balaban J connectivity index is 1.49. The maximum absolute atomic E-state index is 9.10. The number of hydrogen-bond donors (Lipinski definition) is 0. The van der Waals surface area contributed by atoms with Crippen LogP contribution in [0.25, 0.3) is 87.6 Å². The fraction of sp³-hybridized carbons (Fsp3) is 0. The molecule has 1 heterocycles. The third-order valence-corrected chi connectivity index (χ3v) is 8.53. The van der Waals surface area contributed by atoms with E-state index in [-0.39, 0.29) is 29.7 Å². The molecule has 0 amide bonds. The Labute approximate surface area is 256 Å². The Kier molecular flexibility index (Phi) is 4.27. The van der Waals surface area contributed by atoms with E-state index >= 15 is 0 Å². The molecular formula is C42H26O. The highest BCUT2D eigenvalue weighted by atomic mass is 16.3. The van der Waals surface area contributed by atoms with Crippen LogP contribution in [0.3, 0.4) is 0 Å². The number of rotatable bonds is 3. The van der Waals surface area contributed by atoms with Gasteiger partial charge in [0.15, 0.2) is 0 Å². The molecule has 0 atom stereocenters. The maximum atomic E-state index is 9.10. The SMILES string of the molecule is [2H]c1c([2H])c([2H])c(-c2c(-c3c4ccccc4c(-c4ccc5ccccc5c4)c4ccccc34)ccc3oc4ccccc4c23)c([2H])c1[2H]. The minimum absolute atomic E-state index is 0.153. The zero-order valence-electron chi connectivity index (χ0n) is 28.0. The number of para-hydroxylation sites is 1. The molecule has 1 aromatic heterocycles. The second-order valence-corrected chi connectivity index (χ2v) is 10.9. The lowest BCUT2D eigenvalue weighted by Gasteiger charge is -2.20. The van der Waals surface area contributed by atoms with Gasteiger partial charge < -0.3 is 4.42 Å². The molecule has 0 bridgehead atoms. The molecule has 9 aromatic rings. The van der Waals surface area contributed by atoms with Gasteiger partial charge in [0.25, 0.3) is 0 Å². The molecule has 0 radical (unpaired) electrons. The first kappa shape index (κ1) is 19.5. The van der Waals surface area contributed by atoms with E-state index in [1.165, 1.54) is 5.39 Å². The first-order chi connectivity index (χ1) is 23.4. The Hall–Kier alpha value is -5.66. The van der Waals surface area contributed by atoms with Gasteiger partial charge in [-0.2, -0.15) is 0 Å². The quantitative estimate of drug-likeness (QED) is 0.199. The largest absolute Gasteiger partial charge is 0.456 e. The van der Waals surface area contributed by atoms with Gasteiger partial charge in [-0.3, -0.25) is 0 Å². The van der Waals surface area contributed by atoms with Crippen molar-refractivity contribution >= 4 is 54.3 Å². The van der Waals surface area contributed by atoms with Crippen LogP contribution in [0.5, 0.6) is 0 Å². The number of benzene rings is 8. The number of hydrogen-bond acceptors (Lipinski definition) is 1. The molecule has 0 aliphatic carbocycles. The molecule has 200 valence electrons. The first-order valence-corrected chi connectivity index (χ1v) is 14.4. The van der Waals surface area contributed by atoms with E-state index < -0.39 is 6.04 Å². The zero-order valence-corrected chi connectivity index (χ0v) is 23.0. The van der Waals surface area contributed by atoms with Gasteiger partial charge in [-0.1, -0.05) is 133 Å². The van der Waals surface area contributed by atoms with Crippen LogP contribution in [-0.2, 0) is 0 Å². The van der Waals surface area contributed by atoms with Crippen molar-refractivity contribution in [3.05, 3.63) is 158 Å².